The highest BCUT2D eigenvalue weighted by Crippen LogP contribution is 2.71. The summed E-state index contributed by atoms with van der Waals surface area (Å²) in [4.78, 5) is 43.2. The first-order valence-electron chi connectivity index (χ1n) is 10.6. The van der Waals surface area contributed by atoms with E-state index in [-0.39, 0.29) is 28.3 Å². The van der Waals surface area contributed by atoms with Crippen molar-refractivity contribution in [1.29, 1.82) is 0 Å². The second-order valence-electron chi connectivity index (χ2n) is 9.75. The summed E-state index contributed by atoms with van der Waals surface area (Å²) >= 11 is 0. The van der Waals surface area contributed by atoms with E-state index in [9.17, 15) is 14.4 Å². The van der Waals surface area contributed by atoms with Crippen molar-refractivity contribution in [3.05, 3.63) is 46.3 Å². The first kappa shape index (κ1) is 21.3. The lowest BCUT2D eigenvalue weighted by molar-refractivity contribution is -0.136. The van der Waals surface area contributed by atoms with Crippen LogP contribution in [0, 0.1) is 16.2 Å². The molecule has 0 saturated heterocycles. The average molecular weight is 424 g/mol. The maximum absolute atomic E-state index is 13.1. The minimum atomic E-state index is -0.864. The van der Waals surface area contributed by atoms with Crippen molar-refractivity contribution in [2.45, 2.75) is 59.9 Å². The molecule has 2 fully saturated rings. The number of nitrogens with one attached hydrogen (secondary N) is 1. The van der Waals surface area contributed by atoms with Crippen molar-refractivity contribution in [3.8, 4) is 0 Å². The summed E-state index contributed by atoms with van der Waals surface area (Å²) in [7, 11) is 0. The average Bonchev–Trinajstić information content (AvgIpc) is 3.01. The Morgan fingerprint density at radius 2 is 1.87 bits per heavy atom. The Bertz CT molecular complexity index is 1160. The van der Waals surface area contributed by atoms with Crippen LogP contribution in [0.5, 0.6) is 0 Å². The van der Waals surface area contributed by atoms with E-state index >= 15 is 0 Å². The van der Waals surface area contributed by atoms with Crippen molar-refractivity contribution in [2.24, 2.45) is 21.4 Å². The molecule has 7 heteroatoms. The van der Waals surface area contributed by atoms with Gasteiger partial charge in [-0.25, -0.2) is 9.59 Å². The summed E-state index contributed by atoms with van der Waals surface area (Å²) in [5, 5.41) is 7.86. The highest BCUT2D eigenvalue weighted by atomic mass is 16.7. The lowest BCUT2D eigenvalue weighted by atomic mass is 9.64. The largest absolute Gasteiger partial charge is 0.422 e. The van der Waals surface area contributed by atoms with Crippen molar-refractivity contribution in [3.63, 3.8) is 0 Å². The minimum absolute atomic E-state index is 0.0166. The van der Waals surface area contributed by atoms with Gasteiger partial charge in [0, 0.05) is 23.3 Å². The maximum Gasteiger partial charge on any atom is 0.373 e. The highest BCUT2D eigenvalue weighted by molar-refractivity contribution is 6.03. The van der Waals surface area contributed by atoms with Gasteiger partial charge < -0.3 is 14.6 Å². The Balaban J connectivity index is 1.63. The van der Waals surface area contributed by atoms with Crippen LogP contribution in [0.2, 0.25) is 0 Å². The molecule has 2 aliphatic rings. The third-order valence-electron chi connectivity index (χ3n) is 7.69. The van der Waals surface area contributed by atoms with Crippen LogP contribution >= 0.6 is 0 Å². The Morgan fingerprint density at radius 3 is 2.58 bits per heavy atom. The fourth-order valence-electron chi connectivity index (χ4n) is 5.27. The molecule has 7 nitrogen and oxygen atoms in total. The molecule has 1 amide bonds. The number of rotatable bonds is 4. The summed E-state index contributed by atoms with van der Waals surface area (Å²) in [5.41, 5.74) is -1.22. The van der Waals surface area contributed by atoms with Gasteiger partial charge in [-0.3, -0.25) is 4.79 Å². The molecular weight excluding hydrogens is 396 g/mol. The first-order valence-corrected chi connectivity index (χ1v) is 10.6. The van der Waals surface area contributed by atoms with Gasteiger partial charge in [0.1, 0.15) is 11.1 Å². The summed E-state index contributed by atoms with van der Waals surface area (Å²) in [6.45, 7) is 10.1. The molecule has 1 N–H and O–H groups in total. The summed E-state index contributed by atoms with van der Waals surface area (Å²) < 4.78 is 5.21. The molecule has 2 atom stereocenters. The Morgan fingerprint density at radius 1 is 1.16 bits per heavy atom. The monoisotopic (exact) mass is 424 g/mol. The first-order chi connectivity index (χ1) is 14.5. The summed E-state index contributed by atoms with van der Waals surface area (Å²) in [6.07, 6.45) is 1.96. The summed E-state index contributed by atoms with van der Waals surface area (Å²) in [5.74, 6) is -0.847. The normalized spacial score (nSPS) is 27.7. The zero-order chi connectivity index (χ0) is 22.6. The minimum Gasteiger partial charge on any atom is -0.422 e. The van der Waals surface area contributed by atoms with Gasteiger partial charge in [-0.1, -0.05) is 44.1 Å². The van der Waals surface area contributed by atoms with Crippen LogP contribution in [0.4, 0.5) is 0 Å². The quantitative estimate of drug-likeness (QED) is 0.454. The number of hydrogen-bond donors (Lipinski definition) is 1. The van der Waals surface area contributed by atoms with Crippen LogP contribution in [-0.2, 0) is 9.63 Å². The Labute approximate surface area is 180 Å². The van der Waals surface area contributed by atoms with Crippen LogP contribution in [-0.4, -0.2) is 23.6 Å². The lowest BCUT2D eigenvalue weighted by Gasteiger charge is -2.39. The second-order valence-corrected chi connectivity index (χ2v) is 9.75. The zero-order valence-corrected chi connectivity index (χ0v) is 18.6. The van der Waals surface area contributed by atoms with Gasteiger partial charge in [-0.15, -0.1) is 0 Å². The predicted molar refractivity (Wildman–Crippen MR) is 117 cm³/mol. The van der Waals surface area contributed by atoms with Gasteiger partial charge in [0.05, 0.1) is 11.1 Å². The van der Waals surface area contributed by atoms with E-state index in [1.165, 1.54) is 6.07 Å². The maximum atomic E-state index is 13.1. The Kier molecular flexibility index (Phi) is 4.83. The number of amides is 1. The zero-order valence-electron chi connectivity index (χ0n) is 18.6. The SMILES string of the molecule is CC(C)NC(=O)C12CCC(C)(C(=NOC(=O)c3cc4ccccc4oc3=O)C1)C2(C)C. The second kappa shape index (κ2) is 7.04. The molecule has 2 bridgehead atoms. The number of hydrogen-bond acceptors (Lipinski definition) is 6. The number of para-hydroxylation sites is 1. The molecule has 2 aliphatic carbocycles. The van der Waals surface area contributed by atoms with Crippen molar-refractivity contribution in [1.82, 2.24) is 5.32 Å². The fraction of sp³-hybridized carbons (Fsp3) is 0.500. The van der Waals surface area contributed by atoms with Gasteiger partial charge in [0.25, 0.3) is 0 Å². The lowest BCUT2D eigenvalue weighted by Crippen LogP contribution is -2.48. The molecule has 1 aromatic heterocycles. The van der Waals surface area contributed by atoms with Gasteiger partial charge in [0.2, 0.25) is 5.91 Å². The van der Waals surface area contributed by atoms with Gasteiger partial charge in [-0.05, 0) is 44.2 Å². The number of nitrogens with zero attached hydrogens (tertiary/aromatic N) is 1. The van der Waals surface area contributed by atoms with E-state index < -0.39 is 17.0 Å². The molecule has 0 aliphatic heterocycles. The van der Waals surface area contributed by atoms with Crippen LogP contribution in [0.25, 0.3) is 11.0 Å². The van der Waals surface area contributed by atoms with Gasteiger partial charge in [-0.2, -0.15) is 0 Å². The smallest absolute Gasteiger partial charge is 0.373 e. The van der Waals surface area contributed by atoms with Gasteiger partial charge in [0.15, 0.2) is 0 Å². The van der Waals surface area contributed by atoms with Crippen LogP contribution in [0.15, 0.2) is 44.7 Å². The van der Waals surface area contributed by atoms with Crippen LogP contribution in [0.1, 0.15) is 64.2 Å². The molecule has 31 heavy (non-hydrogen) atoms. The Hall–Kier alpha value is -2.96. The van der Waals surface area contributed by atoms with E-state index in [1.54, 1.807) is 24.3 Å². The number of benzene rings is 1. The highest BCUT2D eigenvalue weighted by Gasteiger charge is 2.71. The molecule has 2 aromatic rings. The molecular formula is C24H28N2O5. The number of carbonyl (C=O) groups is 2. The number of oxime groups is 1. The molecule has 164 valence electrons. The molecule has 0 radical (unpaired) electrons. The molecule has 2 unspecified atom stereocenters. The van der Waals surface area contributed by atoms with E-state index in [0.29, 0.717) is 23.1 Å². The molecule has 2 saturated carbocycles. The molecule has 1 aromatic carbocycles. The van der Waals surface area contributed by atoms with E-state index in [4.69, 9.17) is 9.25 Å². The number of fused-ring (bicyclic) bond motifs is 3. The van der Waals surface area contributed by atoms with Crippen molar-refractivity contribution in [2.75, 3.05) is 0 Å². The van der Waals surface area contributed by atoms with Crippen LogP contribution < -0.4 is 10.9 Å². The summed E-state index contributed by atoms with van der Waals surface area (Å²) in [6, 6.07) is 8.43. The molecule has 1 heterocycles. The van der Waals surface area contributed by atoms with E-state index in [2.05, 4.69) is 31.2 Å². The predicted octanol–water partition coefficient (Wildman–Crippen LogP) is 4.05. The van der Waals surface area contributed by atoms with Crippen molar-refractivity contribution < 1.29 is 18.8 Å². The fourth-order valence-corrected chi connectivity index (χ4v) is 5.27. The topological polar surface area (TPSA) is 98.0 Å². The van der Waals surface area contributed by atoms with Crippen LogP contribution in [0.3, 0.4) is 0 Å². The van der Waals surface area contributed by atoms with E-state index in [0.717, 1.165) is 12.8 Å². The molecule has 0 spiro atoms. The molecule has 4 rings (SSSR count). The third-order valence-corrected chi connectivity index (χ3v) is 7.69. The number of carbonyl (C=O) groups excluding carboxylic acids is 2. The van der Waals surface area contributed by atoms with E-state index in [1.807, 2.05) is 13.8 Å². The standard InChI is InChI=1S/C24H28N2O5/c1-14(2)25-21(29)24-11-10-23(5,22(24,3)4)18(13-24)26-31-20(28)16-12-15-8-6-7-9-17(15)30-19(16)27/h6-9,12,14H,10-11,13H2,1-5H3,(H,25,29). The van der Waals surface area contributed by atoms with Gasteiger partial charge >= 0.3 is 11.6 Å². The third kappa shape index (κ3) is 3.01. The van der Waals surface area contributed by atoms with Crippen molar-refractivity contribution >= 4 is 28.6 Å².